The fraction of sp³-hybridized carbons (Fsp3) is 0.688. The second-order valence-electron chi connectivity index (χ2n) is 6.44. The number of carbonyl (C=O) groups excluding carboxylic acids is 1. The number of likely N-dealkylation sites (N-methyl/N-ethyl adjacent to an activating group) is 1. The van der Waals surface area contributed by atoms with Gasteiger partial charge in [0, 0.05) is 51.2 Å². The largest absolute Gasteiger partial charge is 0.353 e. The summed E-state index contributed by atoms with van der Waals surface area (Å²) >= 11 is 0. The first-order chi connectivity index (χ1) is 11.2. The molecule has 2 saturated heterocycles. The van der Waals surface area contributed by atoms with Crippen molar-refractivity contribution in [2.45, 2.75) is 25.3 Å². The number of amides is 2. The fourth-order valence-corrected chi connectivity index (χ4v) is 3.27. The van der Waals surface area contributed by atoms with E-state index in [1.54, 1.807) is 18.6 Å². The number of hydrogen-bond acceptors (Lipinski definition) is 5. The summed E-state index contributed by atoms with van der Waals surface area (Å²) in [6.07, 6.45) is 8.31. The van der Waals surface area contributed by atoms with Gasteiger partial charge in [-0.05, 0) is 32.9 Å². The molecule has 7 heteroatoms. The van der Waals surface area contributed by atoms with E-state index in [0.717, 1.165) is 64.3 Å². The van der Waals surface area contributed by atoms with Gasteiger partial charge in [-0.3, -0.25) is 4.98 Å². The SMILES string of the molecule is CN1CCCN(C(=O)N[C@H]2CCCN(c3cnccn3)C2)CC1. The average molecular weight is 318 g/mol. The lowest BCUT2D eigenvalue weighted by Gasteiger charge is -2.34. The van der Waals surface area contributed by atoms with Crippen molar-refractivity contribution in [3.8, 4) is 0 Å². The molecule has 0 bridgehead atoms. The third-order valence-corrected chi connectivity index (χ3v) is 4.63. The molecule has 2 fully saturated rings. The lowest BCUT2D eigenvalue weighted by atomic mass is 10.1. The lowest BCUT2D eigenvalue weighted by Crippen LogP contribution is -2.52. The Morgan fingerprint density at radius 3 is 2.91 bits per heavy atom. The van der Waals surface area contributed by atoms with Crippen LogP contribution in [0.4, 0.5) is 10.6 Å². The first kappa shape index (κ1) is 16.0. The molecule has 2 aliphatic heterocycles. The van der Waals surface area contributed by atoms with Crippen LogP contribution in [0.15, 0.2) is 18.6 Å². The predicted molar refractivity (Wildman–Crippen MR) is 89.5 cm³/mol. The van der Waals surface area contributed by atoms with Crippen LogP contribution >= 0.6 is 0 Å². The normalized spacial score (nSPS) is 23.4. The minimum Gasteiger partial charge on any atom is -0.353 e. The van der Waals surface area contributed by atoms with Gasteiger partial charge in [0.25, 0.3) is 0 Å². The zero-order valence-corrected chi connectivity index (χ0v) is 13.8. The molecule has 0 aliphatic carbocycles. The highest BCUT2D eigenvalue weighted by atomic mass is 16.2. The highest BCUT2D eigenvalue weighted by molar-refractivity contribution is 5.74. The maximum atomic E-state index is 12.5. The van der Waals surface area contributed by atoms with Crippen LogP contribution in [0.1, 0.15) is 19.3 Å². The number of aromatic nitrogens is 2. The standard InChI is InChI=1S/C16H26N6O/c1-20-7-3-9-21(11-10-20)16(23)19-14-4-2-8-22(13-14)15-12-17-5-6-18-15/h5-6,12,14H,2-4,7-11,13H2,1H3,(H,19,23)/t14-/m0/s1. The van der Waals surface area contributed by atoms with E-state index in [1.807, 2.05) is 4.90 Å². The van der Waals surface area contributed by atoms with Crippen LogP contribution in [0.2, 0.25) is 0 Å². The van der Waals surface area contributed by atoms with E-state index < -0.39 is 0 Å². The van der Waals surface area contributed by atoms with E-state index in [2.05, 4.69) is 32.1 Å². The van der Waals surface area contributed by atoms with Crippen molar-refractivity contribution < 1.29 is 4.79 Å². The third kappa shape index (κ3) is 4.31. The Labute approximate surface area is 137 Å². The molecular weight excluding hydrogens is 292 g/mol. The molecule has 2 aliphatic rings. The molecule has 0 unspecified atom stereocenters. The maximum absolute atomic E-state index is 12.5. The Kier molecular flexibility index (Phi) is 5.27. The van der Waals surface area contributed by atoms with Crippen molar-refractivity contribution in [2.24, 2.45) is 0 Å². The van der Waals surface area contributed by atoms with Crippen LogP contribution in [0.3, 0.4) is 0 Å². The number of anilines is 1. The number of hydrogen-bond donors (Lipinski definition) is 1. The van der Waals surface area contributed by atoms with Gasteiger partial charge in [-0.2, -0.15) is 0 Å². The smallest absolute Gasteiger partial charge is 0.317 e. The highest BCUT2D eigenvalue weighted by Crippen LogP contribution is 2.16. The molecule has 3 rings (SSSR count). The molecule has 1 aromatic heterocycles. The zero-order chi connectivity index (χ0) is 16.1. The monoisotopic (exact) mass is 318 g/mol. The fourth-order valence-electron chi connectivity index (χ4n) is 3.27. The second-order valence-corrected chi connectivity index (χ2v) is 6.44. The third-order valence-electron chi connectivity index (χ3n) is 4.63. The van der Waals surface area contributed by atoms with Crippen molar-refractivity contribution in [2.75, 3.05) is 51.2 Å². The highest BCUT2D eigenvalue weighted by Gasteiger charge is 2.25. The van der Waals surface area contributed by atoms with Gasteiger partial charge < -0.3 is 20.0 Å². The summed E-state index contributed by atoms with van der Waals surface area (Å²) in [4.78, 5) is 27.4. The van der Waals surface area contributed by atoms with Gasteiger partial charge in [0.15, 0.2) is 0 Å². The van der Waals surface area contributed by atoms with Crippen molar-refractivity contribution >= 4 is 11.8 Å². The van der Waals surface area contributed by atoms with Gasteiger partial charge in [-0.15, -0.1) is 0 Å². The Bertz CT molecular complexity index is 511. The summed E-state index contributed by atoms with van der Waals surface area (Å²) < 4.78 is 0. The molecule has 1 aromatic rings. The van der Waals surface area contributed by atoms with Crippen molar-refractivity contribution in [3.05, 3.63) is 18.6 Å². The summed E-state index contributed by atoms with van der Waals surface area (Å²) in [5.41, 5.74) is 0. The minimum absolute atomic E-state index is 0.0753. The van der Waals surface area contributed by atoms with E-state index in [-0.39, 0.29) is 12.1 Å². The molecule has 7 nitrogen and oxygen atoms in total. The number of carbonyl (C=O) groups is 1. The molecule has 23 heavy (non-hydrogen) atoms. The Balaban J connectivity index is 1.54. The topological polar surface area (TPSA) is 64.6 Å². The van der Waals surface area contributed by atoms with Gasteiger partial charge in [0.05, 0.1) is 6.20 Å². The molecule has 0 aromatic carbocycles. The van der Waals surface area contributed by atoms with E-state index in [4.69, 9.17) is 0 Å². The zero-order valence-electron chi connectivity index (χ0n) is 13.8. The van der Waals surface area contributed by atoms with E-state index >= 15 is 0 Å². The molecule has 2 amide bonds. The number of nitrogens with zero attached hydrogens (tertiary/aromatic N) is 5. The number of nitrogens with one attached hydrogen (secondary N) is 1. The Hall–Kier alpha value is -1.89. The molecule has 0 radical (unpaired) electrons. The molecule has 0 saturated carbocycles. The summed E-state index contributed by atoms with van der Waals surface area (Å²) in [5.74, 6) is 0.892. The summed E-state index contributed by atoms with van der Waals surface area (Å²) in [5, 5.41) is 3.21. The van der Waals surface area contributed by atoms with Crippen LogP contribution in [-0.4, -0.2) is 78.2 Å². The summed E-state index contributed by atoms with van der Waals surface area (Å²) in [6, 6.07) is 0.255. The van der Waals surface area contributed by atoms with E-state index in [9.17, 15) is 4.79 Å². The van der Waals surface area contributed by atoms with Crippen molar-refractivity contribution in [1.82, 2.24) is 25.1 Å². The molecular formula is C16H26N6O. The van der Waals surface area contributed by atoms with Gasteiger partial charge in [-0.1, -0.05) is 0 Å². The van der Waals surface area contributed by atoms with Gasteiger partial charge in [0.1, 0.15) is 5.82 Å². The first-order valence-electron chi connectivity index (χ1n) is 8.47. The summed E-state index contributed by atoms with van der Waals surface area (Å²) in [7, 11) is 2.11. The quantitative estimate of drug-likeness (QED) is 0.873. The molecule has 1 N–H and O–H groups in total. The van der Waals surface area contributed by atoms with E-state index in [1.165, 1.54) is 0 Å². The van der Waals surface area contributed by atoms with Gasteiger partial charge in [-0.25, -0.2) is 9.78 Å². The molecule has 3 heterocycles. The average Bonchev–Trinajstić information content (AvgIpc) is 2.81. The van der Waals surface area contributed by atoms with Crippen molar-refractivity contribution in [3.63, 3.8) is 0 Å². The van der Waals surface area contributed by atoms with Crippen LogP contribution < -0.4 is 10.2 Å². The molecule has 1 atom stereocenters. The Morgan fingerprint density at radius 1 is 1.17 bits per heavy atom. The summed E-state index contributed by atoms with van der Waals surface area (Å²) in [6.45, 7) is 5.44. The molecule has 0 spiro atoms. The van der Waals surface area contributed by atoms with Crippen molar-refractivity contribution in [1.29, 1.82) is 0 Å². The second kappa shape index (κ2) is 7.59. The minimum atomic E-state index is 0.0753. The first-order valence-corrected chi connectivity index (χ1v) is 8.47. The van der Waals surface area contributed by atoms with Crippen LogP contribution in [0.25, 0.3) is 0 Å². The van der Waals surface area contributed by atoms with Gasteiger partial charge in [0.2, 0.25) is 0 Å². The van der Waals surface area contributed by atoms with Crippen LogP contribution in [0.5, 0.6) is 0 Å². The molecule has 126 valence electrons. The maximum Gasteiger partial charge on any atom is 0.317 e. The predicted octanol–water partition coefficient (Wildman–Crippen LogP) is 0.793. The lowest BCUT2D eigenvalue weighted by molar-refractivity contribution is 0.193. The number of piperidine rings is 1. The van der Waals surface area contributed by atoms with E-state index in [0.29, 0.717) is 0 Å². The number of urea groups is 1. The Morgan fingerprint density at radius 2 is 2.09 bits per heavy atom. The van der Waals surface area contributed by atoms with Crippen LogP contribution in [-0.2, 0) is 0 Å². The van der Waals surface area contributed by atoms with Crippen LogP contribution in [0, 0.1) is 0 Å². The number of rotatable bonds is 2. The van der Waals surface area contributed by atoms with Gasteiger partial charge >= 0.3 is 6.03 Å².